The number of nitrogen functional groups attached to an aromatic ring is 1. The number of hydrogen-bond acceptors (Lipinski definition) is 3. The van der Waals surface area contributed by atoms with Crippen LogP contribution in [-0.2, 0) is 0 Å². The number of anilines is 4. The Bertz CT molecular complexity index is 654. The zero-order valence-corrected chi connectivity index (χ0v) is 13.3. The van der Waals surface area contributed by atoms with Crippen molar-refractivity contribution < 1.29 is 0 Å². The van der Waals surface area contributed by atoms with Crippen LogP contribution in [0.1, 0.15) is 5.56 Å². The van der Waals surface area contributed by atoms with E-state index in [1.807, 2.05) is 13.0 Å². The molecule has 3 nitrogen and oxygen atoms in total. The number of rotatable bonds is 1. The molecule has 2 aromatic carbocycles. The minimum atomic E-state index is 0.822. The molecule has 0 saturated carbocycles. The highest BCUT2D eigenvalue weighted by atomic mass is 79.9. The average Bonchev–Trinajstić information content (AvgIpc) is 2.44. The number of para-hydroxylation sites is 2. The molecule has 3 rings (SSSR count). The molecule has 1 aliphatic rings. The van der Waals surface area contributed by atoms with Crippen molar-refractivity contribution in [2.24, 2.45) is 0 Å². The van der Waals surface area contributed by atoms with Gasteiger partial charge in [0.15, 0.2) is 0 Å². The van der Waals surface area contributed by atoms with Crippen molar-refractivity contribution in [3.8, 4) is 0 Å². The van der Waals surface area contributed by atoms with Crippen LogP contribution >= 0.6 is 15.9 Å². The van der Waals surface area contributed by atoms with Crippen LogP contribution in [0.3, 0.4) is 0 Å². The third-order valence-corrected chi connectivity index (χ3v) is 4.50. The monoisotopic (exact) mass is 331 g/mol. The maximum absolute atomic E-state index is 5.98. The second-order valence-electron chi connectivity index (χ2n) is 5.22. The summed E-state index contributed by atoms with van der Waals surface area (Å²) in [6.45, 7) is 4.02. The largest absolute Gasteiger partial charge is 0.398 e. The molecule has 0 aliphatic carbocycles. The van der Waals surface area contributed by atoms with Crippen molar-refractivity contribution in [2.45, 2.75) is 6.92 Å². The molecule has 0 fully saturated rings. The van der Waals surface area contributed by atoms with Gasteiger partial charge in [0, 0.05) is 30.3 Å². The minimum absolute atomic E-state index is 0.822. The van der Waals surface area contributed by atoms with Gasteiger partial charge in [0.2, 0.25) is 0 Å². The smallest absolute Gasteiger partial charge is 0.0649 e. The van der Waals surface area contributed by atoms with Crippen molar-refractivity contribution in [1.29, 1.82) is 0 Å². The van der Waals surface area contributed by atoms with Gasteiger partial charge in [-0.25, -0.2) is 0 Å². The highest BCUT2D eigenvalue weighted by Crippen LogP contribution is 2.40. The first kappa shape index (κ1) is 13.3. The van der Waals surface area contributed by atoms with Gasteiger partial charge in [0.25, 0.3) is 0 Å². The molecular formula is C16H18BrN3. The second-order valence-corrected chi connectivity index (χ2v) is 6.08. The van der Waals surface area contributed by atoms with E-state index in [-0.39, 0.29) is 0 Å². The Hall–Kier alpha value is -1.68. The molecular weight excluding hydrogens is 314 g/mol. The minimum Gasteiger partial charge on any atom is -0.398 e. The van der Waals surface area contributed by atoms with E-state index in [0.717, 1.165) is 28.8 Å². The molecule has 20 heavy (non-hydrogen) atoms. The van der Waals surface area contributed by atoms with Gasteiger partial charge in [0.1, 0.15) is 0 Å². The van der Waals surface area contributed by atoms with Crippen molar-refractivity contribution in [3.05, 3.63) is 46.4 Å². The van der Waals surface area contributed by atoms with E-state index in [0.29, 0.717) is 0 Å². The zero-order chi connectivity index (χ0) is 14.3. The molecule has 0 saturated heterocycles. The molecule has 0 amide bonds. The number of halogens is 1. The van der Waals surface area contributed by atoms with E-state index in [1.54, 1.807) is 0 Å². The van der Waals surface area contributed by atoms with E-state index in [4.69, 9.17) is 5.73 Å². The van der Waals surface area contributed by atoms with Gasteiger partial charge < -0.3 is 15.5 Å². The van der Waals surface area contributed by atoms with Crippen LogP contribution in [-0.4, -0.2) is 20.1 Å². The third-order valence-electron chi connectivity index (χ3n) is 3.87. The maximum Gasteiger partial charge on any atom is 0.0649 e. The molecule has 4 heteroatoms. The molecule has 2 aromatic rings. The SMILES string of the molecule is Cc1cc(N2CCN(C)c3ccccc32)c(Br)cc1N. The number of nitrogens with zero attached hydrogens (tertiary/aromatic N) is 2. The second kappa shape index (κ2) is 5.02. The summed E-state index contributed by atoms with van der Waals surface area (Å²) in [6.07, 6.45) is 0. The average molecular weight is 332 g/mol. The predicted molar refractivity (Wildman–Crippen MR) is 90.0 cm³/mol. The fourth-order valence-electron chi connectivity index (χ4n) is 2.64. The summed E-state index contributed by atoms with van der Waals surface area (Å²) in [5.74, 6) is 0. The number of nitrogens with two attached hydrogens (primary N) is 1. The Labute approximate surface area is 128 Å². The lowest BCUT2D eigenvalue weighted by Crippen LogP contribution is -2.36. The van der Waals surface area contributed by atoms with E-state index < -0.39 is 0 Å². The quantitative estimate of drug-likeness (QED) is 0.803. The standard InChI is InChI=1S/C16H18BrN3/c1-11-9-16(12(17)10-13(11)18)20-8-7-19(2)14-5-3-4-6-15(14)20/h3-6,9-10H,7-8,18H2,1-2H3. The Kier molecular flexibility index (Phi) is 3.34. The topological polar surface area (TPSA) is 32.5 Å². The van der Waals surface area contributed by atoms with E-state index >= 15 is 0 Å². The first-order valence-corrected chi connectivity index (χ1v) is 7.50. The van der Waals surface area contributed by atoms with Crippen LogP contribution in [0.15, 0.2) is 40.9 Å². The molecule has 0 atom stereocenters. The van der Waals surface area contributed by atoms with Gasteiger partial charge in [-0.2, -0.15) is 0 Å². The number of aryl methyl sites for hydroxylation is 1. The van der Waals surface area contributed by atoms with Crippen molar-refractivity contribution in [3.63, 3.8) is 0 Å². The Morgan fingerprint density at radius 3 is 2.50 bits per heavy atom. The van der Waals surface area contributed by atoms with Crippen LogP contribution in [0.5, 0.6) is 0 Å². The number of likely N-dealkylation sites (N-methyl/N-ethyl adjacent to an activating group) is 1. The van der Waals surface area contributed by atoms with Crippen LogP contribution in [0.25, 0.3) is 0 Å². The van der Waals surface area contributed by atoms with Crippen molar-refractivity contribution in [1.82, 2.24) is 0 Å². The molecule has 104 valence electrons. The fourth-order valence-corrected chi connectivity index (χ4v) is 3.22. The fraction of sp³-hybridized carbons (Fsp3) is 0.250. The molecule has 1 heterocycles. The molecule has 0 spiro atoms. The summed E-state index contributed by atoms with van der Waals surface area (Å²) in [4.78, 5) is 4.65. The predicted octanol–water partition coefficient (Wildman–Crippen LogP) is 3.93. The first-order valence-electron chi connectivity index (χ1n) is 6.71. The summed E-state index contributed by atoms with van der Waals surface area (Å²) in [5.41, 5.74) is 11.6. The van der Waals surface area contributed by atoms with Gasteiger partial charge in [-0.05, 0) is 52.7 Å². The Balaban J connectivity index is 2.12. The van der Waals surface area contributed by atoms with Crippen molar-refractivity contribution >= 4 is 38.7 Å². The number of benzene rings is 2. The lowest BCUT2D eigenvalue weighted by molar-refractivity contribution is 0.821. The van der Waals surface area contributed by atoms with Crippen LogP contribution in [0.2, 0.25) is 0 Å². The van der Waals surface area contributed by atoms with Crippen LogP contribution < -0.4 is 15.5 Å². The summed E-state index contributed by atoms with van der Waals surface area (Å²) >= 11 is 3.65. The highest BCUT2D eigenvalue weighted by molar-refractivity contribution is 9.10. The van der Waals surface area contributed by atoms with Gasteiger partial charge in [-0.1, -0.05) is 12.1 Å². The molecule has 0 unspecified atom stereocenters. The van der Waals surface area contributed by atoms with Crippen LogP contribution in [0.4, 0.5) is 22.7 Å². The van der Waals surface area contributed by atoms with Crippen LogP contribution in [0, 0.1) is 6.92 Å². The molecule has 0 bridgehead atoms. The third kappa shape index (κ3) is 2.14. The van der Waals surface area contributed by atoms with Gasteiger partial charge in [-0.15, -0.1) is 0 Å². The molecule has 2 N–H and O–H groups in total. The summed E-state index contributed by atoms with van der Waals surface area (Å²) in [5, 5.41) is 0. The maximum atomic E-state index is 5.98. The lowest BCUT2D eigenvalue weighted by Gasteiger charge is -2.37. The Morgan fingerprint density at radius 2 is 1.75 bits per heavy atom. The number of hydrogen-bond donors (Lipinski definition) is 1. The normalized spacial score (nSPS) is 14.3. The lowest BCUT2D eigenvalue weighted by atomic mass is 10.1. The summed E-state index contributed by atoms with van der Waals surface area (Å²) in [6, 6.07) is 12.7. The van der Waals surface area contributed by atoms with E-state index in [1.165, 1.54) is 17.1 Å². The van der Waals surface area contributed by atoms with Gasteiger partial charge in [-0.3, -0.25) is 0 Å². The molecule has 0 aromatic heterocycles. The van der Waals surface area contributed by atoms with Gasteiger partial charge in [0.05, 0.1) is 17.1 Å². The molecule has 1 aliphatic heterocycles. The van der Waals surface area contributed by atoms with E-state index in [9.17, 15) is 0 Å². The first-order chi connectivity index (χ1) is 9.58. The van der Waals surface area contributed by atoms with E-state index in [2.05, 4.69) is 63.1 Å². The molecule has 0 radical (unpaired) electrons. The Morgan fingerprint density at radius 1 is 1.05 bits per heavy atom. The van der Waals surface area contributed by atoms with Gasteiger partial charge >= 0.3 is 0 Å². The highest BCUT2D eigenvalue weighted by Gasteiger charge is 2.22. The zero-order valence-electron chi connectivity index (χ0n) is 11.7. The number of fused-ring (bicyclic) bond motifs is 1. The summed E-state index contributed by atoms with van der Waals surface area (Å²) < 4.78 is 1.04. The van der Waals surface area contributed by atoms with Crippen molar-refractivity contribution in [2.75, 3.05) is 35.7 Å². The summed E-state index contributed by atoms with van der Waals surface area (Å²) in [7, 11) is 2.14.